The van der Waals surface area contributed by atoms with Gasteiger partial charge in [-0.1, -0.05) is 55.8 Å². The van der Waals surface area contributed by atoms with Crippen molar-refractivity contribution in [2.45, 2.75) is 46.2 Å². The van der Waals surface area contributed by atoms with Crippen LogP contribution in [0.15, 0.2) is 30.3 Å². The van der Waals surface area contributed by atoms with E-state index < -0.39 is 0 Å². The highest BCUT2D eigenvalue weighted by Gasteiger charge is 2.21. The molecular weight excluding hydrogens is 282 g/mol. The summed E-state index contributed by atoms with van der Waals surface area (Å²) in [5.74, 6) is 0.302. The summed E-state index contributed by atoms with van der Waals surface area (Å²) in [6, 6.07) is 10.2. The van der Waals surface area contributed by atoms with E-state index in [1.165, 1.54) is 5.56 Å². The molecule has 0 bridgehead atoms. The number of nitrogens with zero attached hydrogens (tertiary/aromatic N) is 2. The summed E-state index contributed by atoms with van der Waals surface area (Å²) >= 11 is 6.48. The fourth-order valence-electron chi connectivity index (χ4n) is 2.65. The average Bonchev–Trinajstić information content (AvgIpc) is 2.83. The van der Waals surface area contributed by atoms with E-state index in [9.17, 15) is 0 Å². The Morgan fingerprint density at radius 2 is 1.90 bits per heavy atom. The Balaban J connectivity index is 2.19. The predicted molar refractivity (Wildman–Crippen MR) is 88.5 cm³/mol. The van der Waals surface area contributed by atoms with Gasteiger partial charge in [-0.05, 0) is 31.2 Å². The van der Waals surface area contributed by atoms with Crippen LogP contribution in [0.5, 0.6) is 0 Å². The number of hydrogen-bond acceptors (Lipinski definition) is 2. The first-order chi connectivity index (χ1) is 10.1. The maximum Gasteiger partial charge on any atom is 0.0849 e. The number of nitrogens with two attached hydrogens (primary N) is 1. The Morgan fingerprint density at radius 1 is 1.24 bits per heavy atom. The van der Waals surface area contributed by atoms with E-state index in [0.29, 0.717) is 5.92 Å². The summed E-state index contributed by atoms with van der Waals surface area (Å²) in [5, 5.41) is 5.39. The van der Waals surface area contributed by atoms with Crippen LogP contribution < -0.4 is 5.73 Å². The second-order valence-electron chi connectivity index (χ2n) is 5.49. The van der Waals surface area contributed by atoms with Crippen molar-refractivity contribution in [1.29, 1.82) is 0 Å². The van der Waals surface area contributed by atoms with Gasteiger partial charge in [-0.15, -0.1) is 0 Å². The maximum absolute atomic E-state index is 6.48. The quantitative estimate of drug-likeness (QED) is 0.876. The molecule has 114 valence electrons. The highest BCUT2D eigenvalue weighted by atomic mass is 35.5. The van der Waals surface area contributed by atoms with Crippen molar-refractivity contribution in [3.8, 4) is 0 Å². The van der Waals surface area contributed by atoms with Crippen molar-refractivity contribution >= 4 is 11.6 Å². The summed E-state index contributed by atoms with van der Waals surface area (Å²) < 4.78 is 2.01. The van der Waals surface area contributed by atoms with Gasteiger partial charge < -0.3 is 5.73 Å². The average molecular weight is 306 g/mol. The third-order valence-electron chi connectivity index (χ3n) is 4.01. The number of aryl methyl sites for hydroxylation is 2. The lowest BCUT2D eigenvalue weighted by Crippen LogP contribution is -2.22. The molecule has 0 saturated heterocycles. The van der Waals surface area contributed by atoms with Gasteiger partial charge in [0.2, 0.25) is 0 Å². The Morgan fingerprint density at radius 3 is 2.48 bits per heavy atom. The van der Waals surface area contributed by atoms with Crippen LogP contribution in [0.2, 0.25) is 5.02 Å². The van der Waals surface area contributed by atoms with Gasteiger partial charge in [0.05, 0.1) is 16.4 Å². The molecule has 0 aliphatic carbocycles. The molecule has 0 spiro atoms. The second kappa shape index (κ2) is 7.10. The zero-order valence-corrected chi connectivity index (χ0v) is 13.8. The molecule has 0 radical (unpaired) electrons. The van der Waals surface area contributed by atoms with Gasteiger partial charge in [0.15, 0.2) is 0 Å². The lowest BCUT2D eigenvalue weighted by molar-refractivity contribution is 0.448. The van der Waals surface area contributed by atoms with Crippen molar-refractivity contribution in [2.75, 3.05) is 0 Å². The van der Waals surface area contributed by atoms with E-state index in [0.717, 1.165) is 35.8 Å². The summed E-state index contributed by atoms with van der Waals surface area (Å²) in [5.41, 5.74) is 9.65. The predicted octanol–water partition coefficient (Wildman–Crippen LogP) is 4.00. The summed E-state index contributed by atoms with van der Waals surface area (Å²) in [6.07, 6.45) is 1.70. The minimum absolute atomic E-state index is 0.00699. The lowest BCUT2D eigenvalue weighted by atomic mass is 9.91. The van der Waals surface area contributed by atoms with Crippen molar-refractivity contribution < 1.29 is 0 Å². The molecule has 2 rings (SSSR count). The van der Waals surface area contributed by atoms with Gasteiger partial charge in [-0.3, -0.25) is 4.68 Å². The van der Waals surface area contributed by atoms with E-state index in [1.54, 1.807) is 0 Å². The molecular formula is C17H24ClN3. The number of hydrogen-bond donors (Lipinski definition) is 1. The summed E-state index contributed by atoms with van der Waals surface area (Å²) in [6.45, 7) is 7.18. The number of aromatic nitrogens is 2. The fourth-order valence-corrected chi connectivity index (χ4v) is 2.99. The van der Waals surface area contributed by atoms with Crippen LogP contribution >= 0.6 is 11.6 Å². The molecule has 2 atom stereocenters. The standard InChI is InChI=1S/C17H24ClN3/c1-4-14-16(18)15(21(5-2)20-14)11-12(3)17(19)13-9-7-6-8-10-13/h6-10,12,17H,4-5,11,19H2,1-3H3. The third-order valence-corrected chi connectivity index (χ3v) is 4.44. The van der Waals surface area contributed by atoms with E-state index in [2.05, 4.69) is 38.0 Å². The molecule has 21 heavy (non-hydrogen) atoms. The first kappa shape index (κ1) is 16.1. The normalized spacial score (nSPS) is 14.1. The first-order valence-corrected chi connectivity index (χ1v) is 8.00. The van der Waals surface area contributed by atoms with Crippen molar-refractivity contribution in [1.82, 2.24) is 9.78 Å². The maximum atomic E-state index is 6.48. The minimum Gasteiger partial charge on any atom is -0.324 e. The highest BCUT2D eigenvalue weighted by molar-refractivity contribution is 6.31. The molecule has 1 heterocycles. The van der Waals surface area contributed by atoms with Gasteiger partial charge in [-0.25, -0.2) is 0 Å². The zero-order valence-electron chi connectivity index (χ0n) is 13.0. The van der Waals surface area contributed by atoms with Crippen LogP contribution in [0, 0.1) is 5.92 Å². The van der Waals surface area contributed by atoms with Crippen LogP contribution in [0.3, 0.4) is 0 Å². The van der Waals surface area contributed by atoms with E-state index in [4.69, 9.17) is 17.3 Å². The van der Waals surface area contributed by atoms with Crippen LogP contribution in [0.25, 0.3) is 0 Å². The molecule has 3 nitrogen and oxygen atoms in total. The van der Waals surface area contributed by atoms with Crippen molar-refractivity contribution in [3.05, 3.63) is 52.3 Å². The van der Waals surface area contributed by atoms with Gasteiger partial charge in [-0.2, -0.15) is 5.10 Å². The highest BCUT2D eigenvalue weighted by Crippen LogP contribution is 2.28. The Hall–Kier alpha value is -1.32. The van der Waals surface area contributed by atoms with Crippen molar-refractivity contribution in [2.24, 2.45) is 11.7 Å². The SMILES string of the molecule is CCc1nn(CC)c(CC(C)C(N)c2ccccc2)c1Cl. The largest absolute Gasteiger partial charge is 0.324 e. The Labute approximate surface area is 132 Å². The summed E-state index contributed by atoms with van der Waals surface area (Å²) in [7, 11) is 0. The van der Waals surface area contributed by atoms with Crippen LogP contribution in [-0.4, -0.2) is 9.78 Å². The molecule has 0 fully saturated rings. The molecule has 2 N–H and O–H groups in total. The number of halogens is 1. The third kappa shape index (κ3) is 3.47. The molecule has 0 amide bonds. The summed E-state index contributed by atoms with van der Waals surface area (Å²) in [4.78, 5) is 0. The van der Waals surface area contributed by atoms with Gasteiger partial charge in [0, 0.05) is 12.6 Å². The first-order valence-electron chi connectivity index (χ1n) is 7.63. The van der Waals surface area contributed by atoms with Crippen LogP contribution in [0.4, 0.5) is 0 Å². The number of benzene rings is 1. The molecule has 1 aromatic heterocycles. The van der Waals surface area contributed by atoms with E-state index in [1.807, 2.05) is 22.9 Å². The van der Waals surface area contributed by atoms with Gasteiger partial charge >= 0.3 is 0 Å². The Kier molecular flexibility index (Phi) is 5.43. The molecule has 4 heteroatoms. The van der Waals surface area contributed by atoms with Gasteiger partial charge in [0.1, 0.15) is 0 Å². The molecule has 0 aliphatic heterocycles. The zero-order chi connectivity index (χ0) is 15.4. The van der Waals surface area contributed by atoms with Crippen LogP contribution in [0.1, 0.15) is 43.8 Å². The van der Waals surface area contributed by atoms with Crippen molar-refractivity contribution in [3.63, 3.8) is 0 Å². The monoisotopic (exact) mass is 305 g/mol. The molecule has 2 aromatic rings. The molecule has 1 aromatic carbocycles. The second-order valence-corrected chi connectivity index (χ2v) is 5.87. The fraction of sp³-hybridized carbons (Fsp3) is 0.471. The van der Waals surface area contributed by atoms with Crippen LogP contribution in [-0.2, 0) is 19.4 Å². The van der Waals surface area contributed by atoms with E-state index in [-0.39, 0.29) is 6.04 Å². The minimum atomic E-state index is 0.00699. The lowest BCUT2D eigenvalue weighted by Gasteiger charge is -2.21. The van der Waals surface area contributed by atoms with Gasteiger partial charge in [0.25, 0.3) is 0 Å². The number of rotatable bonds is 6. The smallest absolute Gasteiger partial charge is 0.0849 e. The molecule has 0 saturated carbocycles. The van der Waals surface area contributed by atoms with E-state index >= 15 is 0 Å². The molecule has 2 unspecified atom stereocenters. The Bertz CT molecular complexity index is 577. The molecule has 0 aliphatic rings. The topological polar surface area (TPSA) is 43.8 Å².